The first kappa shape index (κ1) is 21.0. The molecule has 10 heteroatoms. The van der Waals surface area contributed by atoms with E-state index in [1.54, 1.807) is 0 Å². The zero-order chi connectivity index (χ0) is 24.6. The van der Waals surface area contributed by atoms with Crippen molar-refractivity contribution in [1.29, 1.82) is 0 Å². The molecule has 3 aromatic carbocycles. The highest BCUT2D eigenvalue weighted by Gasteiger charge is 2.43. The second-order valence-electron chi connectivity index (χ2n) is 7.81. The van der Waals surface area contributed by atoms with E-state index in [0.29, 0.717) is 0 Å². The molecule has 1 N–H and O–H groups in total. The maximum Gasteiger partial charge on any atom is 0.344 e. The number of benzene rings is 3. The number of hydrogen-bond donors (Lipinski definition) is 1. The Kier molecular flexibility index (Phi) is 4.31. The third-order valence-corrected chi connectivity index (χ3v) is 5.95. The molecule has 0 spiro atoms. The van der Waals surface area contributed by atoms with Crippen LogP contribution < -0.4 is 16.0 Å². The average molecular weight is 482 g/mol. The second kappa shape index (κ2) is 7.20. The van der Waals surface area contributed by atoms with Crippen LogP contribution in [0.25, 0.3) is 21.9 Å². The molecule has 6 nitrogen and oxygen atoms in total. The smallest absolute Gasteiger partial charge is 0.344 e. The minimum atomic E-state index is -2.19. The minimum absolute atomic E-state index is 0.00307. The molecule has 0 saturated heterocycles. The fourth-order valence-corrected chi connectivity index (χ4v) is 4.42. The normalized spacial score (nSPS) is 14.6. The van der Waals surface area contributed by atoms with Crippen LogP contribution in [-0.2, 0) is 0 Å². The molecule has 0 fully saturated rings. The third kappa shape index (κ3) is 2.76. The Balaban J connectivity index is 1.83. The lowest BCUT2D eigenvalue weighted by Crippen LogP contribution is -2.27. The minimum Gasteiger partial charge on any atom is -0.507 e. The Hall–Kier alpha value is -4.60. The molecule has 0 aliphatic carbocycles. The van der Waals surface area contributed by atoms with Crippen LogP contribution in [0.1, 0.15) is 22.6 Å². The molecule has 1 unspecified atom stereocenters. The Morgan fingerprint density at radius 3 is 1.86 bits per heavy atom. The van der Waals surface area contributed by atoms with Gasteiger partial charge in [-0.05, 0) is 24.3 Å². The summed E-state index contributed by atoms with van der Waals surface area (Å²) in [5, 5.41) is 11.1. The number of ether oxygens (including phenoxy) is 1. The molecule has 0 radical (unpaired) electrons. The zero-order valence-electron chi connectivity index (χ0n) is 17.2. The molecule has 6 rings (SSSR count). The highest BCUT2D eigenvalue weighted by atomic mass is 19.2. The molecular formula is C25H10F4O6. The van der Waals surface area contributed by atoms with E-state index in [1.807, 2.05) is 0 Å². The van der Waals surface area contributed by atoms with Crippen LogP contribution in [0.5, 0.6) is 17.2 Å². The molecule has 1 aliphatic rings. The summed E-state index contributed by atoms with van der Waals surface area (Å²) >= 11 is 0. The van der Waals surface area contributed by atoms with Crippen molar-refractivity contribution in [1.82, 2.24) is 0 Å². The predicted octanol–water partition coefficient (Wildman–Crippen LogP) is 5.45. The van der Waals surface area contributed by atoms with E-state index in [-0.39, 0.29) is 27.7 Å². The van der Waals surface area contributed by atoms with Crippen molar-refractivity contribution in [3.63, 3.8) is 0 Å². The maximum absolute atomic E-state index is 15.2. The average Bonchev–Trinajstić information content (AvgIpc) is 2.85. The SMILES string of the molecule is O=c1oc2ccccc2c(O)c1C1c2c(F)c(F)c(F)c(F)c2Oc2c1c(=O)oc1ccccc21. The Morgan fingerprint density at radius 1 is 0.629 bits per heavy atom. The number of hydrogen-bond acceptors (Lipinski definition) is 6. The number of rotatable bonds is 1. The Morgan fingerprint density at radius 2 is 1.17 bits per heavy atom. The van der Waals surface area contributed by atoms with Crippen LogP contribution in [0.3, 0.4) is 0 Å². The van der Waals surface area contributed by atoms with E-state index < -0.39 is 68.6 Å². The first-order valence-electron chi connectivity index (χ1n) is 10.1. The monoisotopic (exact) mass is 482 g/mol. The van der Waals surface area contributed by atoms with Gasteiger partial charge in [0.2, 0.25) is 11.6 Å². The maximum atomic E-state index is 15.2. The molecule has 1 aliphatic heterocycles. The zero-order valence-corrected chi connectivity index (χ0v) is 17.2. The van der Waals surface area contributed by atoms with Crippen LogP contribution in [0.2, 0.25) is 0 Å². The van der Waals surface area contributed by atoms with Crippen LogP contribution >= 0.6 is 0 Å². The van der Waals surface area contributed by atoms with E-state index in [0.717, 1.165) is 0 Å². The summed E-state index contributed by atoms with van der Waals surface area (Å²) < 4.78 is 74.5. The second-order valence-corrected chi connectivity index (χ2v) is 7.81. The van der Waals surface area contributed by atoms with Gasteiger partial charge in [-0.2, -0.15) is 4.39 Å². The van der Waals surface area contributed by atoms with Crippen LogP contribution in [0.4, 0.5) is 17.6 Å². The van der Waals surface area contributed by atoms with Crippen molar-refractivity contribution < 1.29 is 36.2 Å². The quantitative estimate of drug-likeness (QED) is 0.145. The van der Waals surface area contributed by atoms with Gasteiger partial charge in [-0.3, -0.25) is 0 Å². The number of aromatic hydroxyl groups is 1. The van der Waals surface area contributed by atoms with Crippen molar-refractivity contribution in [2.45, 2.75) is 5.92 Å². The van der Waals surface area contributed by atoms with Gasteiger partial charge in [0.1, 0.15) is 22.7 Å². The molecule has 174 valence electrons. The standard InChI is InChI=1S/C25H10F4O6/c26-17-14-13(15-21(30)9-5-1-3-7-11(9)33-24(15)31)16-22(35-23(14)20(29)19(28)18(17)27)10-6-2-4-8-12(10)34-25(16)32/h1-8,13,30H. The topological polar surface area (TPSA) is 89.9 Å². The highest BCUT2D eigenvalue weighted by Crippen LogP contribution is 2.52. The van der Waals surface area contributed by atoms with Gasteiger partial charge in [-0.25, -0.2) is 22.8 Å². The summed E-state index contributed by atoms with van der Waals surface area (Å²) in [6.07, 6.45) is 0. The van der Waals surface area contributed by atoms with Gasteiger partial charge in [-0.1, -0.05) is 24.3 Å². The van der Waals surface area contributed by atoms with Gasteiger partial charge >= 0.3 is 11.3 Å². The fraction of sp³-hybridized carbons (Fsp3) is 0.0400. The fourth-order valence-electron chi connectivity index (χ4n) is 4.42. The van der Waals surface area contributed by atoms with Crippen LogP contribution in [0, 0.1) is 23.3 Å². The summed E-state index contributed by atoms with van der Waals surface area (Å²) in [4.78, 5) is 26.1. The summed E-state index contributed by atoms with van der Waals surface area (Å²) in [6, 6.07) is 11.7. The first-order valence-corrected chi connectivity index (χ1v) is 10.1. The number of para-hydroxylation sites is 2. The lowest BCUT2D eigenvalue weighted by Gasteiger charge is -2.28. The summed E-state index contributed by atoms with van der Waals surface area (Å²) in [5.74, 6) is -12.3. The molecule has 35 heavy (non-hydrogen) atoms. The largest absolute Gasteiger partial charge is 0.507 e. The summed E-state index contributed by atoms with van der Waals surface area (Å²) in [5.41, 5.74) is -4.63. The Labute approximate surface area is 191 Å². The predicted molar refractivity (Wildman–Crippen MR) is 114 cm³/mol. The van der Waals surface area contributed by atoms with Gasteiger partial charge in [0.05, 0.1) is 27.8 Å². The van der Waals surface area contributed by atoms with Crippen molar-refractivity contribution >= 4 is 21.9 Å². The lowest BCUT2D eigenvalue weighted by molar-refractivity contribution is 0.348. The first-order chi connectivity index (χ1) is 16.8. The van der Waals surface area contributed by atoms with E-state index in [2.05, 4.69) is 0 Å². The molecule has 2 aromatic heterocycles. The molecule has 1 atom stereocenters. The van der Waals surface area contributed by atoms with Crippen molar-refractivity contribution in [2.24, 2.45) is 0 Å². The molecule has 5 aromatic rings. The highest BCUT2D eigenvalue weighted by molar-refractivity contribution is 5.88. The van der Waals surface area contributed by atoms with Crippen LogP contribution in [-0.4, -0.2) is 5.11 Å². The van der Waals surface area contributed by atoms with Gasteiger partial charge in [0, 0.05) is 5.56 Å². The molecule has 3 heterocycles. The summed E-state index contributed by atoms with van der Waals surface area (Å²) in [6.45, 7) is 0. The van der Waals surface area contributed by atoms with Crippen molar-refractivity contribution in [3.8, 4) is 17.2 Å². The van der Waals surface area contributed by atoms with Gasteiger partial charge in [0.25, 0.3) is 0 Å². The third-order valence-electron chi connectivity index (χ3n) is 5.95. The van der Waals surface area contributed by atoms with E-state index in [9.17, 15) is 27.9 Å². The van der Waals surface area contributed by atoms with E-state index >= 15 is 4.39 Å². The molecule has 0 amide bonds. The molecule has 0 bridgehead atoms. The Bertz CT molecular complexity index is 1810. The van der Waals surface area contributed by atoms with Gasteiger partial charge in [-0.15, -0.1) is 0 Å². The lowest BCUT2D eigenvalue weighted by atomic mass is 9.82. The van der Waals surface area contributed by atoms with Crippen molar-refractivity contribution in [3.05, 3.63) is 109 Å². The van der Waals surface area contributed by atoms with Crippen molar-refractivity contribution in [2.75, 3.05) is 0 Å². The van der Waals surface area contributed by atoms with Gasteiger partial charge < -0.3 is 18.7 Å². The molecular weight excluding hydrogens is 472 g/mol. The van der Waals surface area contributed by atoms with Crippen LogP contribution in [0.15, 0.2) is 67.0 Å². The number of fused-ring (bicyclic) bond motifs is 5. The number of halogens is 4. The molecule has 0 saturated carbocycles. The van der Waals surface area contributed by atoms with E-state index in [4.69, 9.17) is 13.6 Å². The summed E-state index contributed by atoms with van der Waals surface area (Å²) in [7, 11) is 0. The van der Waals surface area contributed by atoms with Gasteiger partial charge in [0.15, 0.2) is 17.4 Å². The van der Waals surface area contributed by atoms with E-state index in [1.165, 1.54) is 48.5 Å².